The average Bonchev–Trinajstić information content (AvgIpc) is 2.84. The number of carboxylic acid groups (broad SMARTS) is 1. The molecule has 0 aromatic carbocycles. The van der Waals surface area contributed by atoms with Gasteiger partial charge < -0.3 is 14.8 Å². The van der Waals surface area contributed by atoms with E-state index in [0.29, 0.717) is 25.2 Å². The van der Waals surface area contributed by atoms with Gasteiger partial charge in [-0.2, -0.15) is 0 Å². The Morgan fingerprint density at radius 1 is 1.43 bits per heavy atom. The van der Waals surface area contributed by atoms with E-state index in [1.807, 2.05) is 27.7 Å². The molecule has 0 bridgehead atoms. The second-order valence-corrected chi connectivity index (χ2v) is 6.12. The minimum absolute atomic E-state index is 0.122. The van der Waals surface area contributed by atoms with Crippen LogP contribution in [-0.2, 0) is 21.4 Å². The fourth-order valence-corrected chi connectivity index (χ4v) is 1.81. The highest BCUT2D eigenvalue weighted by molar-refractivity contribution is 5.83. The van der Waals surface area contributed by atoms with E-state index in [4.69, 9.17) is 9.52 Å². The van der Waals surface area contributed by atoms with Crippen molar-refractivity contribution >= 4 is 11.9 Å². The number of rotatable bonds is 7. The second kappa shape index (κ2) is 7.24. The molecule has 1 aromatic heterocycles. The zero-order valence-corrected chi connectivity index (χ0v) is 13.1. The molecule has 21 heavy (non-hydrogen) atoms. The van der Waals surface area contributed by atoms with Crippen LogP contribution >= 0.6 is 0 Å². The van der Waals surface area contributed by atoms with Crippen molar-refractivity contribution in [3.63, 3.8) is 0 Å². The Balaban J connectivity index is 2.49. The number of aryl methyl sites for hydroxylation is 1. The molecule has 0 saturated carbocycles. The Labute approximate surface area is 124 Å². The summed E-state index contributed by atoms with van der Waals surface area (Å²) in [6, 6.07) is -0.822. The van der Waals surface area contributed by atoms with Crippen LogP contribution in [0, 0.1) is 0 Å². The number of hydrogen-bond acceptors (Lipinski definition) is 4. The molecule has 0 radical (unpaired) electrons. The van der Waals surface area contributed by atoms with Gasteiger partial charge in [0, 0.05) is 18.3 Å². The van der Waals surface area contributed by atoms with Gasteiger partial charge >= 0.3 is 5.97 Å². The Morgan fingerprint density at radius 3 is 2.57 bits per heavy atom. The monoisotopic (exact) mass is 296 g/mol. The number of oxazole rings is 1. The Kier molecular flexibility index (Phi) is 5.93. The molecular weight excluding hydrogens is 272 g/mol. The van der Waals surface area contributed by atoms with Gasteiger partial charge in [-0.3, -0.25) is 4.79 Å². The normalized spacial score (nSPS) is 13.0. The van der Waals surface area contributed by atoms with Gasteiger partial charge in [0.05, 0.1) is 6.20 Å². The molecule has 6 nitrogen and oxygen atoms in total. The van der Waals surface area contributed by atoms with Crippen LogP contribution in [0.2, 0.25) is 0 Å². The predicted octanol–water partition coefficient (Wildman–Crippen LogP) is 2.27. The summed E-state index contributed by atoms with van der Waals surface area (Å²) in [7, 11) is 0. The van der Waals surface area contributed by atoms with E-state index in [1.54, 1.807) is 6.20 Å². The SMILES string of the molecule is CCCC(NC(=O)CCc1ncc(C(C)(C)C)o1)C(=O)O. The van der Waals surface area contributed by atoms with E-state index < -0.39 is 12.0 Å². The molecule has 118 valence electrons. The average molecular weight is 296 g/mol. The van der Waals surface area contributed by atoms with E-state index in [9.17, 15) is 9.59 Å². The predicted molar refractivity (Wildman–Crippen MR) is 78.0 cm³/mol. The highest BCUT2D eigenvalue weighted by Gasteiger charge is 2.21. The van der Waals surface area contributed by atoms with Gasteiger partial charge in [-0.25, -0.2) is 9.78 Å². The maximum absolute atomic E-state index is 11.8. The topological polar surface area (TPSA) is 92.4 Å². The summed E-state index contributed by atoms with van der Waals surface area (Å²) in [4.78, 5) is 26.9. The van der Waals surface area contributed by atoms with Crippen LogP contribution in [0.5, 0.6) is 0 Å². The van der Waals surface area contributed by atoms with Crippen LogP contribution in [0.25, 0.3) is 0 Å². The summed E-state index contributed by atoms with van der Waals surface area (Å²) in [5.74, 6) is -0.0348. The lowest BCUT2D eigenvalue weighted by atomic mass is 9.94. The van der Waals surface area contributed by atoms with E-state index in [-0.39, 0.29) is 17.7 Å². The molecule has 1 atom stereocenters. The quantitative estimate of drug-likeness (QED) is 0.805. The summed E-state index contributed by atoms with van der Waals surface area (Å²) < 4.78 is 5.59. The lowest BCUT2D eigenvalue weighted by Gasteiger charge is -2.13. The summed E-state index contributed by atoms with van der Waals surface area (Å²) in [6.45, 7) is 7.94. The lowest BCUT2D eigenvalue weighted by Crippen LogP contribution is -2.40. The van der Waals surface area contributed by atoms with Crippen molar-refractivity contribution in [3.05, 3.63) is 17.8 Å². The van der Waals surface area contributed by atoms with Crippen LogP contribution in [0.15, 0.2) is 10.6 Å². The molecule has 0 aliphatic rings. The number of carboxylic acids is 1. The van der Waals surface area contributed by atoms with Crippen LogP contribution in [0.3, 0.4) is 0 Å². The number of nitrogens with zero attached hydrogens (tertiary/aromatic N) is 1. The van der Waals surface area contributed by atoms with E-state index in [2.05, 4.69) is 10.3 Å². The Hall–Kier alpha value is -1.85. The fourth-order valence-electron chi connectivity index (χ4n) is 1.81. The number of aliphatic carboxylic acids is 1. The van der Waals surface area contributed by atoms with Gasteiger partial charge in [0.15, 0.2) is 5.89 Å². The third-order valence-electron chi connectivity index (χ3n) is 3.07. The van der Waals surface area contributed by atoms with Gasteiger partial charge in [0.25, 0.3) is 0 Å². The van der Waals surface area contributed by atoms with Crippen LogP contribution in [-0.4, -0.2) is 28.0 Å². The molecule has 0 aliphatic heterocycles. The van der Waals surface area contributed by atoms with Gasteiger partial charge in [-0.15, -0.1) is 0 Å². The van der Waals surface area contributed by atoms with Crippen molar-refractivity contribution in [3.8, 4) is 0 Å². The minimum Gasteiger partial charge on any atom is -0.480 e. The maximum atomic E-state index is 11.8. The molecule has 1 amide bonds. The Morgan fingerprint density at radius 2 is 2.10 bits per heavy atom. The van der Waals surface area contributed by atoms with Crippen molar-refractivity contribution in [1.29, 1.82) is 0 Å². The first-order valence-corrected chi connectivity index (χ1v) is 7.21. The van der Waals surface area contributed by atoms with Crippen molar-refractivity contribution in [1.82, 2.24) is 10.3 Å². The zero-order valence-electron chi connectivity index (χ0n) is 13.1. The summed E-state index contributed by atoms with van der Waals surface area (Å²) >= 11 is 0. The molecule has 0 spiro atoms. The van der Waals surface area contributed by atoms with Gasteiger partial charge in [-0.05, 0) is 6.42 Å². The number of carbonyl (C=O) groups excluding carboxylic acids is 1. The summed E-state index contributed by atoms with van der Waals surface area (Å²) in [5, 5.41) is 11.5. The number of amides is 1. The highest BCUT2D eigenvalue weighted by Crippen LogP contribution is 2.22. The van der Waals surface area contributed by atoms with Gasteiger partial charge in [0.2, 0.25) is 5.91 Å². The molecule has 0 aliphatic carbocycles. The van der Waals surface area contributed by atoms with Crippen LogP contribution < -0.4 is 5.32 Å². The first kappa shape index (κ1) is 17.2. The van der Waals surface area contributed by atoms with E-state index in [1.165, 1.54) is 0 Å². The maximum Gasteiger partial charge on any atom is 0.326 e. The third-order valence-corrected chi connectivity index (χ3v) is 3.07. The summed E-state index contributed by atoms with van der Waals surface area (Å²) in [5.41, 5.74) is -0.122. The molecule has 1 unspecified atom stereocenters. The molecule has 2 N–H and O–H groups in total. The molecule has 1 heterocycles. The molecule has 6 heteroatoms. The minimum atomic E-state index is -1.00. The van der Waals surface area contributed by atoms with Crippen LogP contribution in [0.1, 0.15) is 58.6 Å². The van der Waals surface area contributed by atoms with Crippen molar-refractivity contribution in [2.75, 3.05) is 0 Å². The van der Waals surface area contributed by atoms with Crippen molar-refractivity contribution < 1.29 is 19.1 Å². The fraction of sp³-hybridized carbons (Fsp3) is 0.667. The summed E-state index contributed by atoms with van der Waals surface area (Å²) in [6.07, 6.45) is 3.32. The first-order valence-electron chi connectivity index (χ1n) is 7.21. The molecule has 1 rings (SSSR count). The van der Waals surface area contributed by atoms with E-state index in [0.717, 1.165) is 5.76 Å². The highest BCUT2D eigenvalue weighted by atomic mass is 16.4. The molecular formula is C15H24N2O4. The van der Waals surface area contributed by atoms with Gasteiger partial charge in [0.1, 0.15) is 11.8 Å². The molecule has 1 aromatic rings. The second-order valence-electron chi connectivity index (χ2n) is 6.12. The van der Waals surface area contributed by atoms with E-state index >= 15 is 0 Å². The first-order chi connectivity index (χ1) is 9.74. The molecule has 0 saturated heterocycles. The smallest absolute Gasteiger partial charge is 0.326 e. The van der Waals surface area contributed by atoms with Crippen LogP contribution in [0.4, 0.5) is 0 Å². The molecule has 0 fully saturated rings. The largest absolute Gasteiger partial charge is 0.480 e. The zero-order chi connectivity index (χ0) is 16.0. The number of carbonyl (C=O) groups is 2. The Bertz CT molecular complexity index is 488. The lowest BCUT2D eigenvalue weighted by molar-refractivity contribution is -0.142. The number of nitrogens with one attached hydrogen (secondary N) is 1. The van der Waals surface area contributed by atoms with Gasteiger partial charge in [-0.1, -0.05) is 34.1 Å². The van der Waals surface area contributed by atoms with Crippen molar-refractivity contribution in [2.24, 2.45) is 0 Å². The third kappa shape index (κ3) is 5.57. The standard InChI is InChI=1S/C15H24N2O4/c1-5-6-10(14(19)20)17-12(18)7-8-13-16-9-11(21-13)15(2,3)4/h9-10H,5-8H2,1-4H3,(H,17,18)(H,19,20). The number of aromatic nitrogens is 1. The number of hydrogen-bond donors (Lipinski definition) is 2. The van der Waals surface area contributed by atoms with Crippen molar-refractivity contribution in [2.45, 2.75) is 64.8 Å².